The molecule has 1 fully saturated rings. The predicted octanol–water partition coefficient (Wildman–Crippen LogP) is 3.50. The highest BCUT2D eigenvalue weighted by Gasteiger charge is 2.30. The molecule has 0 bridgehead atoms. The molecule has 1 heterocycles. The summed E-state index contributed by atoms with van der Waals surface area (Å²) in [5, 5.41) is 0. The quantitative estimate of drug-likeness (QED) is 0.570. The zero-order valence-electron chi connectivity index (χ0n) is 10.7. The number of carbonyl (C=O) groups excluding carboxylic acids is 2. The lowest BCUT2D eigenvalue weighted by atomic mass is 9.88. The summed E-state index contributed by atoms with van der Waals surface area (Å²) >= 11 is 0. The molecule has 1 aromatic carbocycles. The summed E-state index contributed by atoms with van der Waals surface area (Å²) < 4.78 is 5.20. The minimum absolute atomic E-state index is 0.166. The van der Waals surface area contributed by atoms with E-state index in [-0.39, 0.29) is 11.5 Å². The fourth-order valence-corrected chi connectivity index (χ4v) is 2.82. The summed E-state index contributed by atoms with van der Waals surface area (Å²) in [6, 6.07) is 6.83. The molecule has 2 aliphatic rings. The molecule has 1 aliphatic carbocycles. The van der Waals surface area contributed by atoms with E-state index >= 15 is 0 Å². The fourth-order valence-electron chi connectivity index (χ4n) is 2.82. The molecule has 0 amide bonds. The van der Waals surface area contributed by atoms with Gasteiger partial charge in [0.1, 0.15) is 0 Å². The van der Waals surface area contributed by atoms with Gasteiger partial charge in [-0.25, -0.2) is 4.79 Å². The summed E-state index contributed by atoms with van der Waals surface area (Å²) in [5.41, 5.74) is 0.828. The van der Waals surface area contributed by atoms with E-state index in [1.807, 2.05) is 6.08 Å². The van der Waals surface area contributed by atoms with Gasteiger partial charge >= 0.3 is 5.97 Å². The highest BCUT2D eigenvalue weighted by molar-refractivity contribution is 6.17. The van der Waals surface area contributed by atoms with Gasteiger partial charge in [0, 0.05) is 5.56 Å². The first-order valence-corrected chi connectivity index (χ1v) is 6.83. The molecule has 0 spiro atoms. The van der Waals surface area contributed by atoms with Crippen LogP contribution < -0.4 is 0 Å². The number of esters is 1. The number of fused-ring (bicyclic) bond motifs is 1. The van der Waals surface area contributed by atoms with Crippen molar-refractivity contribution >= 4 is 11.8 Å². The number of ether oxygens (including phenoxy) is 1. The Morgan fingerprint density at radius 2 is 1.68 bits per heavy atom. The third kappa shape index (κ3) is 2.33. The topological polar surface area (TPSA) is 43.4 Å². The van der Waals surface area contributed by atoms with Crippen LogP contribution in [0, 0.1) is 5.92 Å². The van der Waals surface area contributed by atoms with Crippen LogP contribution >= 0.6 is 0 Å². The molecule has 0 N–H and O–H groups in total. The van der Waals surface area contributed by atoms with Gasteiger partial charge in [0.15, 0.2) is 5.76 Å². The van der Waals surface area contributed by atoms with Crippen LogP contribution in [-0.4, -0.2) is 11.8 Å². The number of hydrogen-bond acceptors (Lipinski definition) is 3. The lowest BCUT2D eigenvalue weighted by molar-refractivity contribution is 0.0559. The van der Waals surface area contributed by atoms with Crippen molar-refractivity contribution in [2.24, 2.45) is 5.92 Å². The Morgan fingerprint density at radius 1 is 1.00 bits per heavy atom. The van der Waals surface area contributed by atoms with Crippen molar-refractivity contribution in [2.45, 2.75) is 32.1 Å². The predicted molar refractivity (Wildman–Crippen MR) is 70.8 cm³/mol. The molecule has 0 aromatic heterocycles. The van der Waals surface area contributed by atoms with Crippen LogP contribution in [0.3, 0.4) is 0 Å². The van der Waals surface area contributed by atoms with Crippen LogP contribution in [0.4, 0.5) is 0 Å². The summed E-state index contributed by atoms with van der Waals surface area (Å²) in [7, 11) is 0. The number of Topliss-reactive ketones (excluding diaryl/α,β-unsaturated/α-hetero) is 1. The first kappa shape index (κ1) is 12.2. The number of hydrogen-bond donors (Lipinski definition) is 0. The highest BCUT2D eigenvalue weighted by atomic mass is 16.5. The Bertz CT molecular complexity index is 551. The summed E-state index contributed by atoms with van der Waals surface area (Å²) in [4.78, 5) is 24.2. The van der Waals surface area contributed by atoms with Gasteiger partial charge in [-0.05, 0) is 30.9 Å². The smallest absolute Gasteiger partial charge is 0.344 e. The molecular weight excluding hydrogens is 240 g/mol. The van der Waals surface area contributed by atoms with E-state index in [1.165, 1.54) is 19.3 Å². The number of rotatable bonds is 1. The average molecular weight is 256 g/mol. The molecule has 98 valence electrons. The number of benzene rings is 1. The highest BCUT2D eigenvalue weighted by Crippen LogP contribution is 2.29. The van der Waals surface area contributed by atoms with Crippen molar-refractivity contribution in [2.75, 3.05) is 0 Å². The molecule has 1 saturated carbocycles. The zero-order valence-corrected chi connectivity index (χ0v) is 10.7. The zero-order chi connectivity index (χ0) is 13.2. The van der Waals surface area contributed by atoms with Crippen molar-refractivity contribution in [1.82, 2.24) is 0 Å². The van der Waals surface area contributed by atoms with E-state index in [0.29, 0.717) is 17.0 Å². The van der Waals surface area contributed by atoms with E-state index in [4.69, 9.17) is 4.74 Å². The van der Waals surface area contributed by atoms with Crippen LogP contribution in [0.15, 0.2) is 36.1 Å². The number of ketones is 1. The molecule has 3 nitrogen and oxygen atoms in total. The normalized spacial score (nSPS) is 22.2. The molecule has 0 radical (unpaired) electrons. The van der Waals surface area contributed by atoms with Crippen molar-refractivity contribution in [1.29, 1.82) is 0 Å². The van der Waals surface area contributed by atoms with Gasteiger partial charge in [-0.15, -0.1) is 0 Å². The van der Waals surface area contributed by atoms with Gasteiger partial charge in [-0.1, -0.05) is 37.5 Å². The second-order valence-electron chi connectivity index (χ2n) is 5.19. The number of cyclic esters (lactones) is 1. The maximum Gasteiger partial charge on any atom is 0.344 e. The van der Waals surface area contributed by atoms with E-state index in [0.717, 1.165) is 12.8 Å². The molecule has 0 atom stereocenters. The second kappa shape index (κ2) is 5.00. The average Bonchev–Trinajstić information content (AvgIpc) is 2.46. The van der Waals surface area contributed by atoms with Crippen LogP contribution in [0.25, 0.3) is 0 Å². The van der Waals surface area contributed by atoms with Gasteiger partial charge in [0.25, 0.3) is 0 Å². The number of allylic oxidation sites excluding steroid dienone is 2. The maximum atomic E-state index is 12.3. The summed E-state index contributed by atoms with van der Waals surface area (Å²) in [5.74, 6) is -0.000560. The Hall–Kier alpha value is -1.90. The lowest BCUT2D eigenvalue weighted by Crippen LogP contribution is -2.23. The first-order chi connectivity index (χ1) is 9.25. The van der Waals surface area contributed by atoms with E-state index < -0.39 is 5.97 Å². The van der Waals surface area contributed by atoms with Gasteiger partial charge in [-0.3, -0.25) is 4.79 Å². The number of carbonyl (C=O) groups is 2. The maximum absolute atomic E-state index is 12.3. The lowest BCUT2D eigenvalue weighted by Gasteiger charge is -2.21. The second-order valence-corrected chi connectivity index (χ2v) is 5.19. The summed E-state index contributed by atoms with van der Waals surface area (Å²) in [6.07, 6.45) is 7.65. The van der Waals surface area contributed by atoms with Gasteiger partial charge in [-0.2, -0.15) is 0 Å². The van der Waals surface area contributed by atoms with Crippen LogP contribution in [0.5, 0.6) is 0 Å². The molecule has 0 unspecified atom stereocenters. The largest absolute Gasteiger partial charge is 0.419 e. The Morgan fingerprint density at radius 3 is 2.42 bits per heavy atom. The van der Waals surface area contributed by atoms with Crippen LogP contribution in [0.2, 0.25) is 0 Å². The fraction of sp³-hybridized carbons (Fsp3) is 0.375. The molecular formula is C16H16O3. The van der Waals surface area contributed by atoms with Gasteiger partial charge < -0.3 is 4.74 Å². The van der Waals surface area contributed by atoms with Crippen LogP contribution in [-0.2, 0) is 4.74 Å². The Labute approximate surface area is 112 Å². The van der Waals surface area contributed by atoms with Crippen molar-refractivity contribution < 1.29 is 14.3 Å². The molecule has 3 heteroatoms. The van der Waals surface area contributed by atoms with Crippen LogP contribution in [0.1, 0.15) is 52.8 Å². The molecule has 19 heavy (non-hydrogen) atoms. The third-order valence-electron chi connectivity index (χ3n) is 3.85. The van der Waals surface area contributed by atoms with Crippen molar-refractivity contribution in [3.8, 4) is 0 Å². The summed E-state index contributed by atoms with van der Waals surface area (Å²) in [6.45, 7) is 0. The Balaban J connectivity index is 1.91. The molecule has 1 aliphatic heterocycles. The Kier molecular flexibility index (Phi) is 3.20. The molecule has 1 aromatic rings. The standard InChI is InChI=1S/C16H16O3/c17-15-12-8-4-5-9-13(12)16(18)19-14(15)10-11-6-2-1-3-7-11/h4-5,8-11H,1-3,6-7H2/b14-10+. The SMILES string of the molecule is O=C1O/C(=C/C2CCCCC2)C(=O)c2ccccc21. The monoisotopic (exact) mass is 256 g/mol. The van der Waals surface area contributed by atoms with Gasteiger partial charge in [0.05, 0.1) is 5.56 Å². The van der Waals surface area contributed by atoms with Crippen molar-refractivity contribution in [3.05, 3.63) is 47.2 Å². The molecule has 0 saturated heterocycles. The van der Waals surface area contributed by atoms with E-state index in [1.54, 1.807) is 24.3 Å². The third-order valence-corrected chi connectivity index (χ3v) is 3.85. The van der Waals surface area contributed by atoms with Gasteiger partial charge in [0.2, 0.25) is 5.78 Å². The minimum atomic E-state index is -0.419. The van der Waals surface area contributed by atoms with Crippen molar-refractivity contribution in [3.63, 3.8) is 0 Å². The van der Waals surface area contributed by atoms with E-state index in [9.17, 15) is 9.59 Å². The molecule has 3 rings (SSSR count). The van der Waals surface area contributed by atoms with E-state index in [2.05, 4.69) is 0 Å². The first-order valence-electron chi connectivity index (χ1n) is 6.83. The minimum Gasteiger partial charge on any atom is -0.419 e.